The van der Waals surface area contributed by atoms with Crippen molar-refractivity contribution in [1.29, 1.82) is 0 Å². The van der Waals surface area contributed by atoms with Gasteiger partial charge >= 0.3 is 28.3 Å². The van der Waals surface area contributed by atoms with Crippen LogP contribution < -0.4 is 9.64 Å². The predicted molar refractivity (Wildman–Crippen MR) is 235 cm³/mol. The summed E-state index contributed by atoms with van der Waals surface area (Å²) in [5.41, 5.74) is -1.62. The van der Waals surface area contributed by atoms with Crippen molar-refractivity contribution in [2.45, 2.75) is 99.5 Å². The average molecular weight is 909 g/mol. The zero-order valence-electron chi connectivity index (χ0n) is 37.4. The lowest BCUT2D eigenvalue weighted by atomic mass is 9.47. The van der Waals surface area contributed by atoms with Crippen molar-refractivity contribution < 1.29 is 61.1 Å². The van der Waals surface area contributed by atoms with Crippen LogP contribution in [0.4, 0.5) is 5.69 Å². The number of aromatic amines is 1. The smallest absolute Gasteiger partial charge is 0.394 e. The maximum absolute atomic E-state index is 15.3. The van der Waals surface area contributed by atoms with Crippen molar-refractivity contribution in [2.75, 3.05) is 66.0 Å². The Hall–Kier alpha value is -4.56. The molecule has 5 aliphatic heterocycles. The fourth-order valence-electron chi connectivity index (χ4n) is 13.5. The van der Waals surface area contributed by atoms with Gasteiger partial charge in [0.05, 0.1) is 33.0 Å². The standard InChI is InChI=1S/C46H58N4O9.H2O4S/c1-8-42(54)23-28-24-45(40(52)57-6,36-30(15-19-49(25-28)26-42)29-13-10-11-14-33(29)47-36)32-21-31-34(22-35(32)56-5)48(4)38-44(31)17-20-50-18-12-16-43(9-2,37(44)50)39(59-27(3)51)46(38,55)41(53)58-7;1-5(2,3)4/h10-14,16,21-22,28,37-39,47,54-55H,8-9,15,17-20,23-26H2,1-7H3;(H2,1,2,3,4)/t28-,37+,38-,39-,42+,43-,44-,45+,46+;/m0./s1. The zero-order valence-corrected chi connectivity index (χ0v) is 38.2. The number of hydrogen-bond acceptors (Lipinski definition) is 14. The van der Waals surface area contributed by atoms with Gasteiger partial charge in [-0.05, 0) is 74.2 Å². The molecule has 348 valence electrons. The molecule has 6 heterocycles. The first kappa shape index (κ1) is 46.0. The first-order valence-electron chi connectivity index (χ1n) is 21.9. The van der Waals surface area contributed by atoms with Crippen molar-refractivity contribution in [2.24, 2.45) is 11.3 Å². The lowest BCUT2D eigenvalue weighted by Gasteiger charge is -2.63. The number of likely N-dealkylation sites (N-methyl/N-ethyl adjacent to an activating group) is 1. The highest BCUT2D eigenvalue weighted by Gasteiger charge is 2.80. The second-order valence-electron chi connectivity index (χ2n) is 18.7. The number of carbonyl (C=O) groups is 3. The van der Waals surface area contributed by atoms with Crippen molar-refractivity contribution in [1.82, 2.24) is 14.8 Å². The van der Waals surface area contributed by atoms with E-state index in [0.717, 1.165) is 33.4 Å². The Labute approximate surface area is 373 Å². The number of nitrogens with zero attached hydrogens (tertiary/aromatic N) is 3. The van der Waals surface area contributed by atoms with E-state index in [1.165, 1.54) is 21.1 Å². The molecule has 6 aliphatic rings. The number of anilines is 1. The summed E-state index contributed by atoms with van der Waals surface area (Å²) in [5, 5.41) is 26.3. The lowest BCUT2D eigenvalue weighted by Crippen LogP contribution is -2.81. The molecule has 1 unspecified atom stereocenters. The Morgan fingerprint density at radius 3 is 2.28 bits per heavy atom. The molecular formula is C46H60N4O13S. The number of hydrogen-bond donors (Lipinski definition) is 5. The van der Waals surface area contributed by atoms with Gasteiger partial charge in [-0.2, -0.15) is 8.42 Å². The van der Waals surface area contributed by atoms with Gasteiger partial charge in [0, 0.05) is 90.9 Å². The van der Waals surface area contributed by atoms with Crippen LogP contribution in [0.2, 0.25) is 0 Å². The molecule has 2 saturated heterocycles. The molecule has 2 aromatic carbocycles. The molecule has 64 heavy (non-hydrogen) atoms. The van der Waals surface area contributed by atoms with E-state index in [-0.39, 0.29) is 12.0 Å². The van der Waals surface area contributed by atoms with Crippen molar-refractivity contribution in [3.05, 3.63) is 70.9 Å². The first-order valence-corrected chi connectivity index (χ1v) is 23.3. The van der Waals surface area contributed by atoms with Gasteiger partial charge in [0.2, 0.25) is 5.60 Å². The summed E-state index contributed by atoms with van der Waals surface area (Å²) < 4.78 is 55.5. The molecule has 2 bridgehead atoms. The molecule has 3 fully saturated rings. The van der Waals surface area contributed by atoms with Crippen LogP contribution in [0.5, 0.6) is 5.75 Å². The molecule has 5 N–H and O–H groups in total. The van der Waals surface area contributed by atoms with Crippen molar-refractivity contribution in [3.8, 4) is 5.75 Å². The van der Waals surface area contributed by atoms with Gasteiger partial charge in [-0.15, -0.1) is 0 Å². The predicted octanol–water partition coefficient (Wildman–Crippen LogP) is 3.34. The van der Waals surface area contributed by atoms with Gasteiger partial charge in [-0.25, -0.2) is 4.79 Å². The van der Waals surface area contributed by atoms with Gasteiger partial charge in [-0.1, -0.05) is 44.2 Å². The number of aromatic nitrogens is 1. The van der Waals surface area contributed by atoms with Gasteiger partial charge in [0.1, 0.15) is 11.2 Å². The SMILES string of the molecule is CC[C@@]1(O)C[C@@H]2CN(CCc3c([nH]c4ccccc34)[C@](C(=O)OC)(c3cc4c(cc3OC)N(C)[C@@H]3[C@](O)(C(=O)OC)[C@@H](OC(C)=O)[C@@]5(CC)C=CCN6CC[C@@]43[C@H]65)C2)C1.O=S(=O)(O)O. The van der Waals surface area contributed by atoms with Crippen LogP contribution in [0.25, 0.3) is 10.9 Å². The Bertz CT molecular complexity index is 2500. The normalized spacial score (nSPS) is 35.0. The van der Waals surface area contributed by atoms with E-state index in [4.69, 9.17) is 36.5 Å². The molecular weight excluding hydrogens is 849 g/mol. The Morgan fingerprint density at radius 2 is 1.64 bits per heavy atom. The number of H-pyrrole nitrogens is 1. The molecule has 1 aromatic heterocycles. The molecule has 17 nitrogen and oxygen atoms in total. The second-order valence-corrected chi connectivity index (χ2v) is 19.5. The number of methoxy groups -OCH3 is 3. The molecule has 18 heteroatoms. The number of aliphatic hydroxyl groups is 2. The van der Waals surface area contributed by atoms with E-state index in [0.29, 0.717) is 82.6 Å². The molecule has 3 aromatic rings. The third-order valence-corrected chi connectivity index (χ3v) is 15.6. The van der Waals surface area contributed by atoms with E-state index in [1.807, 2.05) is 50.1 Å². The molecule has 0 radical (unpaired) electrons. The van der Waals surface area contributed by atoms with E-state index >= 15 is 4.79 Å². The third kappa shape index (κ3) is 6.69. The minimum atomic E-state index is -4.67. The summed E-state index contributed by atoms with van der Waals surface area (Å²) in [6, 6.07) is 11.0. The Morgan fingerprint density at radius 1 is 0.938 bits per heavy atom. The quantitative estimate of drug-likeness (QED) is 0.0992. The van der Waals surface area contributed by atoms with Gasteiger partial charge in [0.25, 0.3) is 0 Å². The number of rotatable bonds is 7. The second kappa shape index (κ2) is 16.1. The van der Waals surface area contributed by atoms with Crippen LogP contribution in [-0.2, 0) is 56.2 Å². The maximum Gasteiger partial charge on any atom is 0.394 e. The number of carbonyl (C=O) groups excluding carboxylic acids is 3. The van der Waals surface area contributed by atoms with E-state index in [9.17, 15) is 19.8 Å². The van der Waals surface area contributed by atoms with Crippen LogP contribution in [0.1, 0.15) is 75.3 Å². The highest BCUT2D eigenvalue weighted by Crippen LogP contribution is 2.68. The highest BCUT2D eigenvalue weighted by atomic mass is 32.3. The van der Waals surface area contributed by atoms with E-state index in [2.05, 4.69) is 39.1 Å². The largest absolute Gasteiger partial charge is 0.496 e. The van der Waals surface area contributed by atoms with Crippen LogP contribution >= 0.6 is 0 Å². The summed E-state index contributed by atoms with van der Waals surface area (Å²) in [6.45, 7) is 8.62. The van der Waals surface area contributed by atoms with Crippen LogP contribution in [0, 0.1) is 11.3 Å². The fourth-order valence-corrected chi connectivity index (χ4v) is 13.5. The number of benzene rings is 2. The first-order chi connectivity index (χ1) is 30.2. The molecule has 9 rings (SSSR count). The van der Waals surface area contributed by atoms with Gasteiger partial charge in [0.15, 0.2) is 6.10 Å². The Balaban J connectivity index is 0.00000106. The number of piperidine rings is 1. The summed E-state index contributed by atoms with van der Waals surface area (Å²) in [4.78, 5) is 53.2. The summed E-state index contributed by atoms with van der Waals surface area (Å²) >= 11 is 0. The van der Waals surface area contributed by atoms with Gasteiger partial charge < -0.3 is 39.0 Å². The van der Waals surface area contributed by atoms with Gasteiger partial charge in [-0.3, -0.25) is 28.5 Å². The molecule has 1 saturated carbocycles. The number of fused-ring (bicyclic) bond motifs is 6. The van der Waals surface area contributed by atoms with Crippen LogP contribution in [-0.4, -0.2) is 151 Å². The van der Waals surface area contributed by atoms with Crippen LogP contribution in [0.3, 0.4) is 0 Å². The summed E-state index contributed by atoms with van der Waals surface area (Å²) in [7, 11) is 1.49. The number of nitrogens with one attached hydrogen (secondary N) is 1. The number of ether oxygens (including phenoxy) is 4. The highest BCUT2D eigenvalue weighted by molar-refractivity contribution is 7.79. The minimum Gasteiger partial charge on any atom is -0.496 e. The van der Waals surface area contributed by atoms with Crippen LogP contribution in [0.15, 0.2) is 48.6 Å². The monoisotopic (exact) mass is 908 g/mol. The lowest BCUT2D eigenvalue weighted by molar-refractivity contribution is -0.228. The van der Waals surface area contributed by atoms with Crippen molar-refractivity contribution in [3.63, 3.8) is 0 Å². The Kier molecular flexibility index (Phi) is 11.6. The van der Waals surface area contributed by atoms with Crippen molar-refractivity contribution >= 4 is 44.9 Å². The molecule has 0 amide bonds. The topological polar surface area (TPSA) is 229 Å². The summed E-state index contributed by atoms with van der Waals surface area (Å²) in [6.07, 6.45) is 5.94. The molecule has 1 aliphatic carbocycles. The molecule has 1 spiro atoms. The fraction of sp³-hybridized carbons (Fsp3) is 0.587. The maximum atomic E-state index is 15.3. The molecule has 10 atom stereocenters. The number of para-hydroxylation sites is 1. The number of esters is 3. The average Bonchev–Trinajstić information content (AvgIpc) is 3.92. The third-order valence-electron chi connectivity index (χ3n) is 15.6. The zero-order chi connectivity index (χ0) is 46.4. The minimum absolute atomic E-state index is 0.0986. The van der Waals surface area contributed by atoms with E-state index in [1.54, 1.807) is 7.11 Å². The van der Waals surface area contributed by atoms with E-state index < -0.39 is 67.9 Å². The summed E-state index contributed by atoms with van der Waals surface area (Å²) in [5.74, 6) is -1.56.